The molecule has 3 aliphatic heterocycles. The number of fused-ring (bicyclic) bond motifs is 3. The largest absolute Gasteiger partial charge is 0.463 e. The molecule has 3 aliphatic rings. The first-order chi connectivity index (χ1) is 14.7. The highest BCUT2D eigenvalue weighted by Gasteiger charge is 2.41. The molecule has 1 unspecified atom stereocenters. The van der Waals surface area contributed by atoms with Gasteiger partial charge in [-0.3, -0.25) is 9.69 Å². The molecule has 7 heteroatoms. The number of hydrogen-bond donors (Lipinski definition) is 1. The van der Waals surface area contributed by atoms with Gasteiger partial charge in [-0.2, -0.15) is 0 Å². The molecule has 3 fully saturated rings. The SMILES string of the molecule is Cc1nc(-c2ccco2)cc([C@@H]2CN3CC[C@H]2C[C@@H]3CNC(=O)Cc2cccs2)n1. The van der Waals surface area contributed by atoms with Crippen LogP contribution in [0.5, 0.6) is 0 Å². The Hall–Kier alpha value is -2.51. The van der Waals surface area contributed by atoms with Crippen LogP contribution in [-0.4, -0.2) is 46.5 Å². The van der Waals surface area contributed by atoms with Crippen molar-refractivity contribution < 1.29 is 9.21 Å². The van der Waals surface area contributed by atoms with E-state index in [1.165, 1.54) is 6.42 Å². The highest BCUT2D eigenvalue weighted by Crippen LogP contribution is 2.41. The first-order valence-corrected chi connectivity index (χ1v) is 11.5. The lowest BCUT2D eigenvalue weighted by Gasteiger charge is -2.49. The maximum Gasteiger partial charge on any atom is 0.225 e. The van der Waals surface area contributed by atoms with E-state index in [9.17, 15) is 4.79 Å². The second-order valence-corrected chi connectivity index (χ2v) is 9.33. The number of hydrogen-bond acceptors (Lipinski definition) is 6. The third-order valence-corrected chi connectivity index (χ3v) is 7.22. The van der Waals surface area contributed by atoms with Crippen LogP contribution in [0.2, 0.25) is 0 Å². The summed E-state index contributed by atoms with van der Waals surface area (Å²) in [6.45, 7) is 4.77. The van der Waals surface area contributed by atoms with Gasteiger partial charge in [0.2, 0.25) is 5.91 Å². The third-order valence-electron chi connectivity index (χ3n) is 6.34. The lowest BCUT2D eigenvalue weighted by atomic mass is 9.74. The van der Waals surface area contributed by atoms with Crippen LogP contribution in [0.1, 0.15) is 35.2 Å². The summed E-state index contributed by atoms with van der Waals surface area (Å²) in [6, 6.07) is 10.3. The van der Waals surface area contributed by atoms with Crippen molar-refractivity contribution in [3.63, 3.8) is 0 Å². The molecule has 1 amide bonds. The number of aryl methyl sites for hydroxylation is 1. The highest BCUT2D eigenvalue weighted by molar-refractivity contribution is 7.10. The van der Waals surface area contributed by atoms with Crippen LogP contribution in [-0.2, 0) is 11.2 Å². The van der Waals surface area contributed by atoms with Crippen LogP contribution in [0, 0.1) is 12.8 Å². The fourth-order valence-electron chi connectivity index (χ4n) is 4.88. The van der Waals surface area contributed by atoms with Gasteiger partial charge < -0.3 is 9.73 Å². The van der Waals surface area contributed by atoms with Crippen molar-refractivity contribution in [1.82, 2.24) is 20.2 Å². The second kappa shape index (κ2) is 8.32. The van der Waals surface area contributed by atoms with Gasteiger partial charge in [0.1, 0.15) is 11.5 Å². The molecule has 3 saturated heterocycles. The number of carbonyl (C=O) groups excluding carboxylic acids is 1. The topological polar surface area (TPSA) is 71.3 Å². The molecule has 0 aromatic carbocycles. The number of carbonyl (C=O) groups is 1. The molecule has 156 valence electrons. The van der Waals surface area contributed by atoms with Crippen molar-refractivity contribution in [3.8, 4) is 11.5 Å². The molecule has 0 aliphatic carbocycles. The van der Waals surface area contributed by atoms with E-state index in [4.69, 9.17) is 9.40 Å². The summed E-state index contributed by atoms with van der Waals surface area (Å²) in [6.07, 6.45) is 4.44. The van der Waals surface area contributed by atoms with Crippen LogP contribution in [0.25, 0.3) is 11.5 Å². The molecule has 0 radical (unpaired) electrons. The van der Waals surface area contributed by atoms with Gasteiger partial charge in [0.25, 0.3) is 0 Å². The molecular formula is C23H26N4O2S. The second-order valence-electron chi connectivity index (χ2n) is 8.30. The van der Waals surface area contributed by atoms with Gasteiger partial charge in [0, 0.05) is 35.6 Å². The molecule has 6 heterocycles. The monoisotopic (exact) mass is 422 g/mol. The Morgan fingerprint density at radius 3 is 3.00 bits per heavy atom. The van der Waals surface area contributed by atoms with E-state index in [1.54, 1.807) is 17.6 Å². The predicted octanol–water partition coefficient (Wildman–Crippen LogP) is 3.64. The molecule has 0 saturated carbocycles. The maximum atomic E-state index is 12.3. The molecule has 6 rings (SSSR count). The van der Waals surface area contributed by atoms with Gasteiger partial charge in [-0.1, -0.05) is 6.07 Å². The van der Waals surface area contributed by atoms with Gasteiger partial charge in [0.05, 0.1) is 12.7 Å². The smallest absolute Gasteiger partial charge is 0.225 e. The molecular weight excluding hydrogens is 396 g/mol. The summed E-state index contributed by atoms with van der Waals surface area (Å²) in [4.78, 5) is 25.3. The molecule has 0 spiro atoms. The van der Waals surface area contributed by atoms with E-state index in [0.717, 1.165) is 53.9 Å². The Morgan fingerprint density at radius 1 is 1.33 bits per heavy atom. The average molecular weight is 423 g/mol. The van der Waals surface area contributed by atoms with Gasteiger partial charge in [-0.05, 0) is 61.9 Å². The molecule has 1 N–H and O–H groups in total. The van der Waals surface area contributed by atoms with E-state index in [2.05, 4.69) is 21.3 Å². The Kier molecular flexibility index (Phi) is 5.39. The zero-order valence-corrected chi connectivity index (χ0v) is 17.9. The number of thiophene rings is 1. The van der Waals surface area contributed by atoms with Gasteiger partial charge in [-0.25, -0.2) is 9.97 Å². The number of nitrogens with zero attached hydrogens (tertiary/aromatic N) is 3. The highest BCUT2D eigenvalue weighted by atomic mass is 32.1. The minimum atomic E-state index is 0.117. The lowest BCUT2D eigenvalue weighted by Crippen LogP contribution is -2.56. The van der Waals surface area contributed by atoms with Crippen LogP contribution >= 0.6 is 11.3 Å². The summed E-state index contributed by atoms with van der Waals surface area (Å²) in [5, 5.41) is 5.17. The van der Waals surface area contributed by atoms with Crippen molar-refractivity contribution >= 4 is 17.2 Å². The van der Waals surface area contributed by atoms with Crippen LogP contribution in [0.15, 0.2) is 46.4 Å². The number of rotatable bonds is 6. The van der Waals surface area contributed by atoms with E-state index in [0.29, 0.717) is 24.3 Å². The molecule has 4 atom stereocenters. The van der Waals surface area contributed by atoms with E-state index < -0.39 is 0 Å². The Morgan fingerprint density at radius 2 is 2.27 bits per heavy atom. The Balaban J connectivity index is 1.24. The van der Waals surface area contributed by atoms with Crippen molar-refractivity contribution in [2.24, 2.45) is 5.92 Å². The first kappa shape index (κ1) is 19.5. The molecule has 3 aromatic heterocycles. The summed E-state index contributed by atoms with van der Waals surface area (Å²) in [7, 11) is 0. The Labute approximate surface area is 180 Å². The number of amides is 1. The van der Waals surface area contributed by atoms with Gasteiger partial charge in [-0.15, -0.1) is 11.3 Å². The standard InChI is InChI=1S/C23H26N4O2S/c1-15-25-20(12-21(26-15)22-5-2-8-29-22)19-14-27-7-6-16(19)10-17(27)13-24-23(28)11-18-4-3-9-30-18/h2-5,8-9,12,16-17,19H,6-7,10-11,13-14H2,1H3,(H,24,28)/t16-,17+,19+/m0/s1. The maximum absolute atomic E-state index is 12.3. The van der Waals surface area contributed by atoms with Crippen LogP contribution < -0.4 is 5.32 Å². The number of furan rings is 1. The fourth-order valence-corrected chi connectivity index (χ4v) is 5.59. The summed E-state index contributed by atoms with van der Waals surface area (Å²) >= 11 is 1.63. The normalized spacial score (nSPS) is 25.4. The van der Waals surface area contributed by atoms with E-state index >= 15 is 0 Å². The molecule has 30 heavy (non-hydrogen) atoms. The van der Waals surface area contributed by atoms with E-state index in [1.807, 2.05) is 36.6 Å². The lowest BCUT2D eigenvalue weighted by molar-refractivity contribution is -0.120. The van der Waals surface area contributed by atoms with Crippen molar-refractivity contribution in [1.29, 1.82) is 0 Å². The molecule has 6 nitrogen and oxygen atoms in total. The van der Waals surface area contributed by atoms with Crippen molar-refractivity contribution in [2.75, 3.05) is 19.6 Å². The first-order valence-electron chi connectivity index (χ1n) is 10.6. The molecule has 2 bridgehead atoms. The van der Waals surface area contributed by atoms with Crippen molar-refractivity contribution in [3.05, 3.63) is 58.4 Å². The van der Waals surface area contributed by atoms with E-state index in [-0.39, 0.29) is 5.91 Å². The summed E-state index contributed by atoms with van der Waals surface area (Å²) in [5.41, 5.74) is 1.97. The summed E-state index contributed by atoms with van der Waals surface area (Å²) < 4.78 is 5.55. The fraction of sp³-hybridized carbons (Fsp3) is 0.435. The number of piperidine rings is 3. The number of nitrogens with one attached hydrogen (secondary N) is 1. The van der Waals surface area contributed by atoms with Crippen LogP contribution in [0.3, 0.4) is 0 Å². The third kappa shape index (κ3) is 4.04. The van der Waals surface area contributed by atoms with Gasteiger partial charge >= 0.3 is 0 Å². The van der Waals surface area contributed by atoms with Crippen LogP contribution in [0.4, 0.5) is 0 Å². The quantitative estimate of drug-likeness (QED) is 0.657. The van der Waals surface area contributed by atoms with Gasteiger partial charge in [0.15, 0.2) is 5.76 Å². The number of aromatic nitrogens is 2. The zero-order valence-electron chi connectivity index (χ0n) is 17.1. The predicted molar refractivity (Wildman–Crippen MR) is 116 cm³/mol. The zero-order chi connectivity index (χ0) is 20.5. The molecule has 3 aromatic rings. The minimum Gasteiger partial charge on any atom is -0.463 e. The Bertz CT molecular complexity index is 1000. The minimum absolute atomic E-state index is 0.117. The average Bonchev–Trinajstić information content (AvgIpc) is 3.46. The summed E-state index contributed by atoms with van der Waals surface area (Å²) in [5.74, 6) is 2.69. The van der Waals surface area contributed by atoms with Crippen molar-refractivity contribution in [2.45, 2.75) is 38.1 Å².